The maximum Gasteiger partial charge on any atom is 0.216 e. The highest BCUT2D eigenvalue weighted by molar-refractivity contribution is 7.88. The quantitative estimate of drug-likeness (QED) is 0.845. The second-order valence-electron chi connectivity index (χ2n) is 5.88. The number of benzene rings is 2. The molecule has 0 aliphatic carbocycles. The van der Waals surface area contributed by atoms with E-state index in [0.717, 1.165) is 22.4 Å². The van der Waals surface area contributed by atoms with Crippen LogP contribution in [-0.4, -0.2) is 14.5 Å². The zero-order valence-corrected chi connectivity index (χ0v) is 14.6. The van der Waals surface area contributed by atoms with Gasteiger partial charge >= 0.3 is 0 Å². The molecular formula is C18H23NO3S. The summed E-state index contributed by atoms with van der Waals surface area (Å²) in [4.78, 5) is 0. The molecule has 0 heterocycles. The first-order valence-electron chi connectivity index (χ1n) is 7.62. The zero-order valence-electron chi connectivity index (χ0n) is 13.7. The van der Waals surface area contributed by atoms with Gasteiger partial charge in [0.15, 0.2) is 0 Å². The third-order valence-electron chi connectivity index (χ3n) is 3.21. The molecule has 0 aliphatic heterocycles. The van der Waals surface area contributed by atoms with Gasteiger partial charge < -0.3 is 4.74 Å². The topological polar surface area (TPSA) is 55.4 Å². The highest BCUT2D eigenvalue weighted by Crippen LogP contribution is 2.15. The number of nitrogens with one attached hydrogen (secondary N) is 1. The second kappa shape index (κ2) is 7.62. The number of aryl methyl sites for hydroxylation is 1. The van der Waals surface area contributed by atoms with Gasteiger partial charge in [0.1, 0.15) is 5.75 Å². The van der Waals surface area contributed by atoms with Gasteiger partial charge in [-0.1, -0.05) is 42.0 Å². The minimum absolute atomic E-state index is 0.0170. The summed E-state index contributed by atoms with van der Waals surface area (Å²) >= 11 is 0. The van der Waals surface area contributed by atoms with Crippen molar-refractivity contribution in [1.82, 2.24) is 4.72 Å². The smallest absolute Gasteiger partial charge is 0.216 e. The monoisotopic (exact) mass is 333 g/mol. The number of ether oxygens (including phenoxy) is 1. The van der Waals surface area contributed by atoms with Crippen molar-refractivity contribution >= 4 is 10.0 Å². The van der Waals surface area contributed by atoms with Crippen LogP contribution in [0.4, 0.5) is 0 Å². The maximum absolute atomic E-state index is 12.2. The van der Waals surface area contributed by atoms with Gasteiger partial charge in [-0.15, -0.1) is 0 Å². The van der Waals surface area contributed by atoms with Crippen LogP contribution in [0.1, 0.15) is 30.5 Å². The summed E-state index contributed by atoms with van der Waals surface area (Å²) in [5.41, 5.74) is 2.71. The molecule has 0 fully saturated rings. The van der Waals surface area contributed by atoms with Crippen molar-refractivity contribution in [2.75, 3.05) is 0 Å². The van der Waals surface area contributed by atoms with E-state index >= 15 is 0 Å². The number of sulfonamides is 1. The Bertz CT molecular complexity index is 754. The van der Waals surface area contributed by atoms with Gasteiger partial charge in [0.05, 0.1) is 11.9 Å². The Labute approximate surface area is 138 Å². The molecule has 23 heavy (non-hydrogen) atoms. The van der Waals surface area contributed by atoms with Crippen LogP contribution in [0, 0.1) is 6.92 Å². The summed E-state index contributed by atoms with van der Waals surface area (Å²) in [5.74, 6) is 0.729. The summed E-state index contributed by atoms with van der Waals surface area (Å²) in [7, 11) is -3.38. The molecule has 0 unspecified atom stereocenters. The van der Waals surface area contributed by atoms with Crippen LogP contribution in [0.5, 0.6) is 5.75 Å². The van der Waals surface area contributed by atoms with Crippen LogP contribution in [0.3, 0.4) is 0 Å². The molecule has 0 bridgehead atoms. The molecule has 4 nitrogen and oxygen atoms in total. The number of rotatable bonds is 7. The average Bonchev–Trinajstić information content (AvgIpc) is 2.44. The van der Waals surface area contributed by atoms with Crippen molar-refractivity contribution < 1.29 is 13.2 Å². The lowest BCUT2D eigenvalue weighted by atomic mass is 10.2. The highest BCUT2D eigenvalue weighted by atomic mass is 32.2. The first-order chi connectivity index (χ1) is 10.8. The molecule has 0 aliphatic rings. The van der Waals surface area contributed by atoms with Gasteiger partial charge in [0, 0.05) is 6.54 Å². The second-order valence-corrected chi connectivity index (χ2v) is 7.69. The van der Waals surface area contributed by atoms with Gasteiger partial charge in [-0.05, 0) is 44.0 Å². The van der Waals surface area contributed by atoms with Gasteiger partial charge in [-0.2, -0.15) is 0 Å². The largest absolute Gasteiger partial charge is 0.491 e. The van der Waals surface area contributed by atoms with E-state index in [9.17, 15) is 8.42 Å². The maximum atomic E-state index is 12.2. The zero-order chi connectivity index (χ0) is 16.9. The summed E-state index contributed by atoms with van der Waals surface area (Å²) in [6, 6.07) is 15.0. The Morgan fingerprint density at radius 1 is 1.04 bits per heavy atom. The Morgan fingerprint density at radius 3 is 2.43 bits per heavy atom. The van der Waals surface area contributed by atoms with E-state index in [4.69, 9.17) is 4.74 Å². The van der Waals surface area contributed by atoms with Crippen LogP contribution < -0.4 is 9.46 Å². The Kier molecular flexibility index (Phi) is 5.80. The van der Waals surface area contributed by atoms with Crippen molar-refractivity contribution in [3.05, 3.63) is 65.2 Å². The molecule has 0 radical (unpaired) electrons. The number of hydrogen-bond donors (Lipinski definition) is 1. The minimum atomic E-state index is -3.38. The standard InChI is InChI=1S/C18H23NO3S/c1-14(2)22-18-9-5-7-16(11-18)12-19-23(20,21)13-17-8-4-6-15(3)10-17/h4-11,14,19H,12-13H2,1-3H3. The fraction of sp³-hybridized carbons (Fsp3) is 0.333. The van der Waals surface area contributed by atoms with Crippen LogP contribution in [0.2, 0.25) is 0 Å². The Hall–Kier alpha value is -1.85. The highest BCUT2D eigenvalue weighted by Gasteiger charge is 2.11. The van der Waals surface area contributed by atoms with Gasteiger partial charge in [0.2, 0.25) is 10.0 Å². The minimum Gasteiger partial charge on any atom is -0.491 e. The van der Waals surface area contributed by atoms with Crippen molar-refractivity contribution in [3.8, 4) is 5.75 Å². The molecule has 2 rings (SSSR count). The van der Waals surface area contributed by atoms with E-state index in [1.807, 2.05) is 69.3 Å². The van der Waals surface area contributed by atoms with E-state index in [-0.39, 0.29) is 18.4 Å². The van der Waals surface area contributed by atoms with E-state index < -0.39 is 10.0 Å². The molecule has 0 amide bonds. The normalized spacial score (nSPS) is 11.7. The van der Waals surface area contributed by atoms with Crippen molar-refractivity contribution in [2.45, 2.75) is 39.2 Å². The third-order valence-corrected chi connectivity index (χ3v) is 4.50. The molecule has 0 atom stereocenters. The molecule has 0 spiro atoms. The van der Waals surface area contributed by atoms with Crippen LogP contribution >= 0.6 is 0 Å². The molecule has 1 N–H and O–H groups in total. The van der Waals surface area contributed by atoms with Gasteiger partial charge in [-0.3, -0.25) is 0 Å². The van der Waals surface area contributed by atoms with E-state index in [2.05, 4.69) is 4.72 Å². The van der Waals surface area contributed by atoms with Crippen LogP contribution in [-0.2, 0) is 22.3 Å². The van der Waals surface area contributed by atoms with Gasteiger partial charge in [-0.25, -0.2) is 13.1 Å². The van der Waals surface area contributed by atoms with Crippen molar-refractivity contribution in [2.24, 2.45) is 0 Å². The third kappa shape index (κ3) is 6.04. The Morgan fingerprint density at radius 2 is 1.74 bits per heavy atom. The Balaban J connectivity index is 1.99. The molecule has 0 aromatic heterocycles. The molecule has 0 saturated carbocycles. The van der Waals surface area contributed by atoms with E-state index in [1.54, 1.807) is 0 Å². The SMILES string of the molecule is Cc1cccc(CS(=O)(=O)NCc2cccc(OC(C)C)c2)c1. The lowest BCUT2D eigenvalue weighted by Gasteiger charge is -2.11. The molecule has 0 saturated heterocycles. The predicted molar refractivity (Wildman–Crippen MR) is 92.8 cm³/mol. The predicted octanol–water partition coefficient (Wildman–Crippen LogP) is 3.40. The van der Waals surface area contributed by atoms with Crippen LogP contribution in [0.15, 0.2) is 48.5 Å². The summed E-state index contributed by atoms with van der Waals surface area (Å²) in [6.45, 7) is 6.11. The first kappa shape index (κ1) is 17.5. The molecule has 124 valence electrons. The molecule has 5 heteroatoms. The van der Waals surface area contributed by atoms with Gasteiger partial charge in [0.25, 0.3) is 0 Å². The van der Waals surface area contributed by atoms with Crippen LogP contribution in [0.25, 0.3) is 0 Å². The lowest BCUT2D eigenvalue weighted by Crippen LogP contribution is -2.24. The van der Waals surface area contributed by atoms with Crippen molar-refractivity contribution in [3.63, 3.8) is 0 Å². The lowest BCUT2D eigenvalue weighted by molar-refractivity contribution is 0.242. The first-order valence-corrected chi connectivity index (χ1v) is 9.28. The summed E-state index contributed by atoms with van der Waals surface area (Å²) in [5, 5.41) is 0. The summed E-state index contributed by atoms with van der Waals surface area (Å²) < 4.78 is 32.7. The fourth-order valence-corrected chi connectivity index (χ4v) is 3.37. The average molecular weight is 333 g/mol. The molecule has 2 aromatic rings. The van der Waals surface area contributed by atoms with E-state index in [1.165, 1.54) is 0 Å². The summed E-state index contributed by atoms with van der Waals surface area (Å²) in [6.07, 6.45) is 0.0864. The van der Waals surface area contributed by atoms with E-state index in [0.29, 0.717) is 0 Å². The number of hydrogen-bond acceptors (Lipinski definition) is 3. The molecule has 2 aromatic carbocycles. The van der Waals surface area contributed by atoms with Crippen molar-refractivity contribution in [1.29, 1.82) is 0 Å². The molecular weight excluding hydrogens is 310 g/mol. The fourth-order valence-electron chi connectivity index (χ4n) is 2.27.